The van der Waals surface area contributed by atoms with E-state index >= 15 is 0 Å². The van der Waals surface area contributed by atoms with Crippen molar-refractivity contribution in [2.45, 2.75) is 12.5 Å². The van der Waals surface area contributed by atoms with E-state index in [1.54, 1.807) is 0 Å². The Morgan fingerprint density at radius 1 is 1.38 bits per heavy atom. The number of benzene rings is 1. The van der Waals surface area contributed by atoms with Gasteiger partial charge in [-0.2, -0.15) is 17.6 Å². The fourth-order valence-corrected chi connectivity index (χ4v) is 0.916. The van der Waals surface area contributed by atoms with Gasteiger partial charge in [0.25, 0.3) is 0 Å². The molecule has 1 N–H and O–H groups in total. The number of halogens is 4. The number of hydrogen-bond donors (Lipinski definition) is 1. The molecule has 88 valence electrons. The molecule has 0 radical (unpaired) electrons. The van der Waals surface area contributed by atoms with Crippen molar-refractivity contribution in [1.29, 1.82) is 0 Å². The largest absolute Gasteiger partial charge is 0.476 e. The summed E-state index contributed by atoms with van der Waals surface area (Å²) in [6.45, 7) is 0. The van der Waals surface area contributed by atoms with Crippen molar-refractivity contribution < 1.29 is 32.2 Å². The van der Waals surface area contributed by atoms with E-state index in [0.29, 0.717) is 6.07 Å². The van der Waals surface area contributed by atoms with E-state index in [9.17, 15) is 22.4 Å². The SMILES string of the molecule is O=C(O)C(F)Oc1cccc(C(F)(F)F)c1. The summed E-state index contributed by atoms with van der Waals surface area (Å²) in [7, 11) is 0. The van der Waals surface area contributed by atoms with Gasteiger partial charge in [-0.3, -0.25) is 0 Å². The van der Waals surface area contributed by atoms with Gasteiger partial charge in [0.15, 0.2) is 0 Å². The van der Waals surface area contributed by atoms with Gasteiger partial charge in [-0.05, 0) is 18.2 Å². The summed E-state index contributed by atoms with van der Waals surface area (Å²) in [5.74, 6) is -2.40. The molecule has 1 atom stereocenters. The fourth-order valence-electron chi connectivity index (χ4n) is 0.916. The Kier molecular flexibility index (Phi) is 3.36. The summed E-state index contributed by atoms with van der Waals surface area (Å²) >= 11 is 0. The van der Waals surface area contributed by atoms with Crippen LogP contribution in [0.4, 0.5) is 17.6 Å². The number of carboxylic acid groups (broad SMARTS) is 1. The Bertz CT molecular complexity index is 389. The lowest BCUT2D eigenvalue weighted by atomic mass is 10.2. The number of carboxylic acids is 1. The van der Waals surface area contributed by atoms with Gasteiger partial charge in [-0.15, -0.1) is 0 Å². The van der Waals surface area contributed by atoms with Gasteiger partial charge in [0.05, 0.1) is 5.56 Å². The third-order valence-corrected chi connectivity index (χ3v) is 1.60. The average Bonchev–Trinajstić information content (AvgIpc) is 2.16. The summed E-state index contributed by atoms with van der Waals surface area (Å²) in [6.07, 6.45) is -7.28. The highest BCUT2D eigenvalue weighted by atomic mass is 19.4. The van der Waals surface area contributed by atoms with Crippen molar-refractivity contribution in [3.8, 4) is 5.75 Å². The molecule has 0 aromatic heterocycles. The molecule has 0 aliphatic heterocycles. The van der Waals surface area contributed by atoms with Crippen LogP contribution in [0, 0.1) is 0 Å². The number of rotatable bonds is 3. The van der Waals surface area contributed by atoms with Crippen LogP contribution in [0.1, 0.15) is 5.56 Å². The van der Waals surface area contributed by atoms with E-state index < -0.39 is 29.8 Å². The summed E-state index contributed by atoms with van der Waals surface area (Å²) in [6, 6.07) is 3.31. The Morgan fingerprint density at radius 2 is 2.00 bits per heavy atom. The van der Waals surface area contributed by atoms with Crippen LogP contribution in [0.2, 0.25) is 0 Å². The number of hydrogen-bond acceptors (Lipinski definition) is 2. The monoisotopic (exact) mass is 238 g/mol. The lowest BCUT2D eigenvalue weighted by Gasteiger charge is -2.10. The first-order valence-electron chi connectivity index (χ1n) is 4.01. The molecular weight excluding hydrogens is 232 g/mol. The molecule has 1 rings (SSSR count). The fraction of sp³-hybridized carbons (Fsp3) is 0.222. The molecule has 0 saturated heterocycles. The first-order chi connectivity index (χ1) is 7.30. The number of aliphatic carboxylic acids is 1. The smallest absolute Gasteiger partial charge is 0.416 e. The maximum Gasteiger partial charge on any atom is 0.416 e. The molecule has 0 heterocycles. The summed E-state index contributed by atoms with van der Waals surface area (Å²) in [5, 5.41) is 8.15. The minimum Gasteiger partial charge on any atom is -0.476 e. The Labute approximate surface area is 87.3 Å². The van der Waals surface area contributed by atoms with Gasteiger partial charge in [-0.1, -0.05) is 6.07 Å². The summed E-state index contributed by atoms with van der Waals surface area (Å²) in [4.78, 5) is 10.1. The van der Waals surface area contributed by atoms with Gasteiger partial charge in [0.1, 0.15) is 5.75 Å². The number of ether oxygens (including phenoxy) is 1. The van der Waals surface area contributed by atoms with Crippen LogP contribution in [0.25, 0.3) is 0 Å². The van der Waals surface area contributed by atoms with E-state index in [2.05, 4.69) is 4.74 Å². The maximum absolute atomic E-state index is 12.5. The Hall–Kier alpha value is -1.79. The van der Waals surface area contributed by atoms with Gasteiger partial charge >= 0.3 is 18.5 Å². The van der Waals surface area contributed by atoms with Crippen LogP contribution in [0.3, 0.4) is 0 Å². The van der Waals surface area contributed by atoms with E-state index in [1.165, 1.54) is 0 Å². The molecule has 16 heavy (non-hydrogen) atoms. The normalized spacial score (nSPS) is 13.2. The minimum absolute atomic E-state index is 0.496. The Morgan fingerprint density at radius 3 is 2.50 bits per heavy atom. The molecule has 1 unspecified atom stereocenters. The molecule has 7 heteroatoms. The van der Waals surface area contributed by atoms with Crippen molar-refractivity contribution in [2.24, 2.45) is 0 Å². The lowest BCUT2D eigenvalue weighted by Crippen LogP contribution is -2.21. The second-order valence-corrected chi connectivity index (χ2v) is 2.80. The number of alkyl halides is 4. The molecule has 1 aromatic carbocycles. The van der Waals surface area contributed by atoms with Crippen LogP contribution in [0.5, 0.6) is 5.75 Å². The van der Waals surface area contributed by atoms with Gasteiger partial charge in [0, 0.05) is 0 Å². The molecule has 3 nitrogen and oxygen atoms in total. The van der Waals surface area contributed by atoms with E-state index in [1.807, 2.05) is 0 Å². The van der Waals surface area contributed by atoms with E-state index in [0.717, 1.165) is 18.2 Å². The molecule has 0 fully saturated rings. The maximum atomic E-state index is 12.5. The zero-order valence-corrected chi connectivity index (χ0v) is 7.66. The molecule has 0 amide bonds. The zero-order chi connectivity index (χ0) is 12.3. The van der Waals surface area contributed by atoms with E-state index in [4.69, 9.17) is 5.11 Å². The second-order valence-electron chi connectivity index (χ2n) is 2.80. The first-order valence-corrected chi connectivity index (χ1v) is 4.01. The third kappa shape index (κ3) is 3.11. The van der Waals surface area contributed by atoms with Crippen LogP contribution in [-0.4, -0.2) is 17.4 Å². The highest BCUT2D eigenvalue weighted by molar-refractivity contribution is 5.70. The predicted molar refractivity (Wildman–Crippen MR) is 44.6 cm³/mol. The topological polar surface area (TPSA) is 46.5 Å². The van der Waals surface area contributed by atoms with Crippen molar-refractivity contribution in [1.82, 2.24) is 0 Å². The summed E-state index contributed by atoms with van der Waals surface area (Å²) in [5.41, 5.74) is -1.04. The zero-order valence-electron chi connectivity index (χ0n) is 7.66. The molecule has 1 aromatic rings. The van der Waals surface area contributed by atoms with Gasteiger partial charge < -0.3 is 9.84 Å². The van der Waals surface area contributed by atoms with Gasteiger partial charge in [-0.25, -0.2) is 4.79 Å². The van der Waals surface area contributed by atoms with Crippen molar-refractivity contribution in [3.05, 3.63) is 29.8 Å². The first kappa shape index (κ1) is 12.3. The average molecular weight is 238 g/mol. The minimum atomic E-state index is -4.59. The highest BCUT2D eigenvalue weighted by Crippen LogP contribution is 2.31. The third-order valence-electron chi connectivity index (χ3n) is 1.60. The lowest BCUT2D eigenvalue weighted by molar-refractivity contribution is -0.153. The molecule has 0 bridgehead atoms. The number of carbonyl (C=O) groups is 1. The summed E-state index contributed by atoms with van der Waals surface area (Å²) < 4.78 is 53.3. The standard InChI is InChI=1S/C9H6F4O3/c10-7(8(14)15)16-6-3-1-2-5(4-6)9(11,12)13/h1-4,7H,(H,14,15). The molecule has 0 aliphatic carbocycles. The van der Waals surface area contributed by atoms with Gasteiger partial charge in [0.2, 0.25) is 0 Å². The van der Waals surface area contributed by atoms with Crippen LogP contribution in [0.15, 0.2) is 24.3 Å². The molecule has 0 saturated carbocycles. The highest BCUT2D eigenvalue weighted by Gasteiger charge is 2.31. The van der Waals surface area contributed by atoms with Crippen molar-refractivity contribution in [3.63, 3.8) is 0 Å². The molecule has 0 spiro atoms. The van der Waals surface area contributed by atoms with Crippen molar-refractivity contribution in [2.75, 3.05) is 0 Å². The molecular formula is C9H6F4O3. The Balaban J connectivity index is 2.87. The van der Waals surface area contributed by atoms with Crippen LogP contribution < -0.4 is 4.74 Å². The van der Waals surface area contributed by atoms with Crippen molar-refractivity contribution >= 4 is 5.97 Å². The molecule has 0 aliphatic rings. The van der Waals surface area contributed by atoms with Crippen LogP contribution in [-0.2, 0) is 11.0 Å². The predicted octanol–water partition coefficient (Wildman–Crippen LogP) is 2.46. The van der Waals surface area contributed by atoms with Crippen LogP contribution >= 0.6 is 0 Å². The second kappa shape index (κ2) is 4.38. The van der Waals surface area contributed by atoms with E-state index in [-0.39, 0.29) is 0 Å². The quantitative estimate of drug-likeness (QED) is 0.823.